The number of hydrogen-bond acceptors (Lipinski definition) is 8. The number of aromatic nitrogens is 2. The molecule has 0 radical (unpaired) electrons. The Morgan fingerprint density at radius 3 is 2.70 bits per heavy atom. The summed E-state index contributed by atoms with van der Waals surface area (Å²) in [6.07, 6.45) is 1.53. The molecule has 0 aliphatic carbocycles. The molecule has 2 heterocycles. The zero-order chi connectivity index (χ0) is 23.0. The molecule has 1 N–H and O–H groups in total. The maximum absolute atomic E-state index is 12.6. The second-order valence-corrected chi connectivity index (χ2v) is 8.35. The second kappa shape index (κ2) is 10.7. The Morgan fingerprint density at radius 1 is 1.21 bits per heavy atom. The minimum atomic E-state index is -0.526. The lowest BCUT2D eigenvalue weighted by atomic mass is 10.1. The van der Waals surface area contributed by atoms with Crippen molar-refractivity contribution in [3.05, 3.63) is 70.8 Å². The largest absolute Gasteiger partial charge is 0.489 e. The van der Waals surface area contributed by atoms with Crippen molar-refractivity contribution in [1.29, 1.82) is 5.26 Å². The van der Waals surface area contributed by atoms with Crippen LogP contribution in [0.4, 0.5) is 10.3 Å². The molecule has 3 aromatic rings. The molecular formula is C24H23N5O3S. The van der Waals surface area contributed by atoms with Gasteiger partial charge in [0.15, 0.2) is 0 Å². The van der Waals surface area contributed by atoms with Crippen LogP contribution in [0.5, 0.6) is 5.75 Å². The van der Waals surface area contributed by atoms with Gasteiger partial charge in [-0.3, -0.25) is 10.1 Å². The Labute approximate surface area is 196 Å². The molecule has 0 spiro atoms. The van der Waals surface area contributed by atoms with Gasteiger partial charge in [-0.1, -0.05) is 47.7 Å². The highest BCUT2D eigenvalue weighted by Crippen LogP contribution is 2.25. The maximum atomic E-state index is 12.6. The lowest BCUT2D eigenvalue weighted by Crippen LogP contribution is -2.36. The van der Waals surface area contributed by atoms with Gasteiger partial charge < -0.3 is 14.4 Å². The van der Waals surface area contributed by atoms with Gasteiger partial charge in [0.2, 0.25) is 10.3 Å². The molecular weight excluding hydrogens is 438 g/mol. The van der Waals surface area contributed by atoms with Crippen LogP contribution in [0.25, 0.3) is 6.08 Å². The Kier molecular flexibility index (Phi) is 7.29. The summed E-state index contributed by atoms with van der Waals surface area (Å²) in [6, 6.07) is 17.3. The van der Waals surface area contributed by atoms with E-state index in [1.165, 1.54) is 23.0 Å². The van der Waals surface area contributed by atoms with Crippen molar-refractivity contribution in [3.63, 3.8) is 0 Å². The first-order chi connectivity index (χ1) is 16.1. The smallest absolute Gasteiger partial charge is 0.268 e. The van der Waals surface area contributed by atoms with Crippen molar-refractivity contribution in [2.24, 2.45) is 0 Å². The summed E-state index contributed by atoms with van der Waals surface area (Å²) in [7, 11) is 0. The van der Waals surface area contributed by atoms with Gasteiger partial charge in [0, 0.05) is 13.1 Å². The molecule has 2 aromatic carbocycles. The fraction of sp³-hybridized carbons (Fsp3) is 0.250. The molecule has 0 atom stereocenters. The molecule has 1 amide bonds. The van der Waals surface area contributed by atoms with E-state index in [0.717, 1.165) is 29.3 Å². The predicted molar refractivity (Wildman–Crippen MR) is 127 cm³/mol. The first-order valence-corrected chi connectivity index (χ1v) is 11.3. The molecule has 0 bridgehead atoms. The van der Waals surface area contributed by atoms with Crippen LogP contribution in [0.1, 0.15) is 16.7 Å². The number of carbonyl (C=O) groups is 1. The van der Waals surface area contributed by atoms with Gasteiger partial charge >= 0.3 is 0 Å². The molecule has 1 aromatic heterocycles. The molecule has 1 aliphatic heterocycles. The lowest BCUT2D eigenvalue weighted by molar-refractivity contribution is -0.112. The third kappa shape index (κ3) is 5.94. The van der Waals surface area contributed by atoms with Crippen LogP contribution in [0, 0.1) is 18.3 Å². The number of carbonyl (C=O) groups excluding carboxylic acids is 1. The number of benzene rings is 2. The van der Waals surface area contributed by atoms with Crippen molar-refractivity contribution in [1.82, 2.24) is 10.2 Å². The summed E-state index contributed by atoms with van der Waals surface area (Å²) in [6.45, 7) is 5.26. The van der Waals surface area contributed by atoms with Crippen LogP contribution >= 0.6 is 11.3 Å². The number of morpholine rings is 1. The van der Waals surface area contributed by atoms with E-state index >= 15 is 0 Å². The van der Waals surface area contributed by atoms with Crippen molar-refractivity contribution >= 4 is 33.6 Å². The predicted octanol–water partition coefficient (Wildman–Crippen LogP) is 3.81. The normalized spacial score (nSPS) is 13.9. The molecule has 1 aliphatic rings. The summed E-state index contributed by atoms with van der Waals surface area (Å²) >= 11 is 1.27. The third-order valence-corrected chi connectivity index (χ3v) is 6.03. The highest BCUT2D eigenvalue weighted by Gasteiger charge is 2.18. The number of hydrogen-bond donors (Lipinski definition) is 1. The topological polar surface area (TPSA) is 100 Å². The maximum Gasteiger partial charge on any atom is 0.268 e. The number of aryl methyl sites for hydroxylation is 1. The lowest BCUT2D eigenvalue weighted by Gasteiger charge is -2.25. The van der Waals surface area contributed by atoms with Crippen LogP contribution in [-0.4, -0.2) is 42.4 Å². The molecule has 0 unspecified atom stereocenters. The van der Waals surface area contributed by atoms with Crippen LogP contribution in [-0.2, 0) is 16.1 Å². The van der Waals surface area contributed by atoms with Crippen LogP contribution in [0.15, 0.2) is 54.1 Å². The molecule has 1 saturated heterocycles. The summed E-state index contributed by atoms with van der Waals surface area (Å²) in [5, 5.41) is 21.4. The molecule has 1 fully saturated rings. The molecule has 4 rings (SSSR count). The monoisotopic (exact) mass is 461 g/mol. The summed E-state index contributed by atoms with van der Waals surface area (Å²) < 4.78 is 11.2. The van der Waals surface area contributed by atoms with Gasteiger partial charge in [-0.2, -0.15) is 5.26 Å². The minimum absolute atomic E-state index is 0.0216. The van der Waals surface area contributed by atoms with E-state index in [1.807, 2.05) is 49.4 Å². The number of nitriles is 1. The van der Waals surface area contributed by atoms with E-state index in [1.54, 1.807) is 12.1 Å². The van der Waals surface area contributed by atoms with E-state index in [4.69, 9.17) is 9.47 Å². The van der Waals surface area contributed by atoms with Crippen LogP contribution in [0.2, 0.25) is 0 Å². The highest BCUT2D eigenvalue weighted by molar-refractivity contribution is 7.19. The molecule has 33 heavy (non-hydrogen) atoms. The van der Waals surface area contributed by atoms with Gasteiger partial charge in [-0.25, -0.2) is 0 Å². The molecule has 168 valence electrons. The Hall–Kier alpha value is -3.74. The zero-order valence-corrected chi connectivity index (χ0v) is 19.0. The molecule has 8 nitrogen and oxygen atoms in total. The Bertz CT molecular complexity index is 1180. The second-order valence-electron chi connectivity index (χ2n) is 7.40. The average molecular weight is 462 g/mol. The summed E-state index contributed by atoms with van der Waals surface area (Å²) in [4.78, 5) is 14.6. The van der Waals surface area contributed by atoms with Gasteiger partial charge in [0.1, 0.15) is 24.0 Å². The first kappa shape index (κ1) is 22.5. The van der Waals surface area contributed by atoms with E-state index in [-0.39, 0.29) is 5.57 Å². The standard InChI is InChI=1S/C24H23N5O3S/c1-17-4-2-3-5-19(17)16-32-21-8-6-18(7-9-21)14-20(15-25)22(30)26-23-27-28-24(33-23)29-10-12-31-13-11-29/h2-9,14H,10-13,16H2,1H3,(H,26,27,30)/b20-14-. The fourth-order valence-electron chi connectivity index (χ4n) is 3.22. The van der Waals surface area contributed by atoms with Gasteiger partial charge in [-0.15, -0.1) is 10.2 Å². The molecule has 0 saturated carbocycles. The zero-order valence-electron chi connectivity index (χ0n) is 18.2. The van der Waals surface area contributed by atoms with Crippen LogP contribution < -0.4 is 15.0 Å². The number of nitrogens with zero attached hydrogens (tertiary/aromatic N) is 4. The van der Waals surface area contributed by atoms with E-state index < -0.39 is 5.91 Å². The Balaban J connectivity index is 1.36. The van der Waals surface area contributed by atoms with E-state index in [2.05, 4.69) is 20.4 Å². The summed E-state index contributed by atoms with van der Waals surface area (Å²) in [5.41, 5.74) is 3.00. The number of ether oxygens (including phenoxy) is 2. The number of nitrogens with one attached hydrogen (secondary N) is 1. The van der Waals surface area contributed by atoms with Gasteiger partial charge in [0.25, 0.3) is 5.91 Å². The number of rotatable bonds is 7. The Morgan fingerprint density at radius 2 is 1.97 bits per heavy atom. The summed E-state index contributed by atoms with van der Waals surface area (Å²) in [5.74, 6) is 0.185. The van der Waals surface area contributed by atoms with E-state index in [0.29, 0.717) is 30.7 Å². The van der Waals surface area contributed by atoms with Crippen molar-refractivity contribution in [2.75, 3.05) is 36.5 Å². The van der Waals surface area contributed by atoms with Crippen molar-refractivity contribution < 1.29 is 14.3 Å². The quantitative estimate of drug-likeness (QED) is 0.422. The first-order valence-electron chi connectivity index (χ1n) is 10.5. The van der Waals surface area contributed by atoms with Crippen molar-refractivity contribution in [3.8, 4) is 11.8 Å². The SMILES string of the molecule is Cc1ccccc1COc1ccc(/C=C(/C#N)C(=O)Nc2nnc(N3CCOCC3)s2)cc1. The number of amides is 1. The average Bonchev–Trinajstić information content (AvgIpc) is 3.32. The number of anilines is 2. The van der Waals surface area contributed by atoms with Crippen molar-refractivity contribution in [2.45, 2.75) is 13.5 Å². The molecule has 9 heteroatoms. The third-order valence-electron chi connectivity index (χ3n) is 5.13. The minimum Gasteiger partial charge on any atom is -0.489 e. The van der Waals surface area contributed by atoms with Gasteiger partial charge in [-0.05, 0) is 41.8 Å². The highest BCUT2D eigenvalue weighted by atomic mass is 32.1. The van der Waals surface area contributed by atoms with Crippen LogP contribution in [0.3, 0.4) is 0 Å². The van der Waals surface area contributed by atoms with Gasteiger partial charge in [0.05, 0.1) is 13.2 Å². The van der Waals surface area contributed by atoms with E-state index in [9.17, 15) is 10.1 Å². The fourth-order valence-corrected chi connectivity index (χ4v) is 4.01.